The Labute approximate surface area is 70.7 Å². The minimum Gasteiger partial charge on any atom is -0.325 e. The van der Waals surface area contributed by atoms with E-state index in [2.05, 4.69) is 44.9 Å². The topological polar surface area (TPSA) is 35.8 Å². The molecule has 0 saturated heterocycles. The summed E-state index contributed by atoms with van der Waals surface area (Å²) in [6.07, 6.45) is 0. The van der Waals surface area contributed by atoms with Gasteiger partial charge < -0.3 is 4.98 Å². The fourth-order valence-electron chi connectivity index (χ4n) is 0.526. The molecule has 2 nitrogen and oxygen atoms in total. The van der Waals surface area contributed by atoms with E-state index in [4.69, 9.17) is 5.26 Å². The van der Waals surface area contributed by atoms with Crippen molar-refractivity contribution in [3.05, 3.63) is 0 Å². The predicted octanol–water partition coefficient (Wildman–Crippen LogP) is 2.10. The molecular weight excluding hydrogens is 152 g/mol. The van der Waals surface area contributed by atoms with Crippen molar-refractivity contribution >= 4 is 8.24 Å². The van der Waals surface area contributed by atoms with Crippen LogP contribution in [-0.2, 0) is 0 Å². The van der Waals surface area contributed by atoms with E-state index in [9.17, 15) is 0 Å². The number of nitriles is 1. The second-order valence-electron chi connectivity index (χ2n) is 4.39. The van der Waals surface area contributed by atoms with Crippen molar-refractivity contribution in [1.82, 2.24) is 4.98 Å². The first-order valence-electron chi connectivity index (χ1n) is 3.93. The minimum absolute atomic E-state index is 0.323. The third-order valence-electron chi connectivity index (χ3n) is 2.48. The summed E-state index contributed by atoms with van der Waals surface area (Å²) in [5.74, 6) is 0. The van der Waals surface area contributed by atoms with E-state index < -0.39 is 8.24 Å². The van der Waals surface area contributed by atoms with Crippen molar-refractivity contribution in [2.75, 3.05) is 6.54 Å². The van der Waals surface area contributed by atoms with Crippen LogP contribution in [0.15, 0.2) is 0 Å². The first kappa shape index (κ1) is 10.7. The normalized spacial score (nSPS) is 12.7. The average Bonchev–Trinajstić information content (AvgIpc) is 1.81. The Morgan fingerprint density at radius 3 is 2.09 bits per heavy atom. The van der Waals surface area contributed by atoms with Gasteiger partial charge in [-0.2, -0.15) is 5.26 Å². The highest BCUT2D eigenvalue weighted by molar-refractivity contribution is 6.77. The number of nitrogens with one attached hydrogen (secondary N) is 1. The number of hydrogen-bond acceptors (Lipinski definition) is 2. The van der Waals surface area contributed by atoms with E-state index in [0.29, 0.717) is 11.6 Å². The predicted molar refractivity (Wildman–Crippen MR) is 50.8 cm³/mol. The molecule has 0 saturated carbocycles. The number of hydrogen-bond donors (Lipinski definition) is 1. The molecule has 0 aromatic carbocycles. The molecule has 11 heavy (non-hydrogen) atoms. The molecule has 0 radical (unpaired) electrons. The van der Waals surface area contributed by atoms with Crippen molar-refractivity contribution in [2.24, 2.45) is 0 Å². The van der Waals surface area contributed by atoms with Crippen LogP contribution in [0.2, 0.25) is 18.1 Å². The van der Waals surface area contributed by atoms with Gasteiger partial charge in [-0.1, -0.05) is 33.9 Å². The van der Waals surface area contributed by atoms with Crippen molar-refractivity contribution in [3.8, 4) is 6.07 Å². The van der Waals surface area contributed by atoms with E-state index >= 15 is 0 Å². The fourth-order valence-corrected chi connectivity index (χ4v) is 1.58. The standard InChI is InChI=1S/C8H18N2Si/c1-8(2,3)11(4,5)10-7-6-9/h10H,7H2,1-5H3. The third kappa shape index (κ3) is 3.04. The van der Waals surface area contributed by atoms with Crippen molar-refractivity contribution in [1.29, 1.82) is 5.26 Å². The van der Waals surface area contributed by atoms with Gasteiger partial charge in [0.15, 0.2) is 0 Å². The van der Waals surface area contributed by atoms with Gasteiger partial charge in [-0.3, -0.25) is 0 Å². The maximum absolute atomic E-state index is 8.41. The van der Waals surface area contributed by atoms with Gasteiger partial charge in [-0.15, -0.1) is 0 Å². The molecule has 0 aromatic heterocycles. The lowest BCUT2D eigenvalue weighted by atomic mass is 10.2. The largest absolute Gasteiger partial charge is 0.325 e. The van der Waals surface area contributed by atoms with Gasteiger partial charge in [-0.05, 0) is 5.04 Å². The maximum atomic E-state index is 8.41. The molecule has 0 rings (SSSR count). The molecule has 0 fully saturated rings. The van der Waals surface area contributed by atoms with Crippen LogP contribution >= 0.6 is 0 Å². The van der Waals surface area contributed by atoms with Gasteiger partial charge in [0.05, 0.1) is 12.6 Å². The van der Waals surface area contributed by atoms with Crippen molar-refractivity contribution < 1.29 is 0 Å². The number of rotatable bonds is 2. The maximum Gasteiger partial charge on any atom is 0.125 e. The van der Waals surface area contributed by atoms with E-state index in [0.717, 1.165) is 0 Å². The first-order valence-corrected chi connectivity index (χ1v) is 6.93. The lowest BCUT2D eigenvalue weighted by molar-refractivity contribution is 0.695. The molecule has 0 aromatic rings. The molecule has 0 aliphatic rings. The Morgan fingerprint density at radius 1 is 1.36 bits per heavy atom. The quantitative estimate of drug-likeness (QED) is 0.509. The highest BCUT2D eigenvalue weighted by Gasteiger charge is 2.34. The molecule has 0 aliphatic carbocycles. The van der Waals surface area contributed by atoms with Crippen LogP contribution in [0, 0.1) is 11.3 Å². The van der Waals surface area contributed by atoms with Gasteiger partial charge in [0.1, 0.15) is 8.24 Å². The molecule has 0 spiro atoms. The first-order chi connectivity index (χ1) is 4.81. The Kier molecular flexibility index (Phi) is 3.27. The Hall–Kier alpha value is -0.333. The van der Waals surface area contributed by atoms with Crippen molar-refractivity contribution in [2.45, 2.75) is 38.9 Å². The molecule has 0 unspecified atom stereocenters. The molecule has 1 N–H and O–H groups in total. The summed E-state index contributed by atoms with van der Waals surface area (Å²) < 4.78 is 0. The van der Waals surface area contributed by atoms with Crippen LogP contribution in [0.4, 0.5) is 0 Å². The molecule has 0 bridgehead atoms. The molecule has 0 heterocycles. The second-order valence-corrected chi connectivity index (χ2v) is 9.49. The summed E-state index contributed by atoms with van der Waals surface area (Å²) >= 11 is 0. The van der Waals surface area contributed by atoms with Crippen LogP contribution in [0.1, 0.15) is 20.8 Å². The summed E-state index contributed by atoms with van der Waals surface area (Å²) in [4.78, 5) is 3.33. The summed E-state index contributed by atoms with van der Waals surface area (Å²) in [7, 11) is -1.40. The van der Waals surface area contributed by atoms with Crippen LogP contribution in [0.3, 0.4) is 0 Å². The number of nitrogens with zero attached hydrogens (tertiary/aromatic N) is 1. The van der Waals surface area contributed by atoms with Gasteiger partial charge in [0.25, 0.3) is 0 Å². The van der Waals surface area contributed by atoms with Crippen LogP contribution < -0.4 is 4.98 Å². The molecule has 0 aliphatic heterocycles. The highest BCUT2D eigenvalue weighted by atomic mass is 28.3. The van der Waals surface area contributed by atoms with Crippen LogP contribution in [-0.4, -0.2) is 14.8 Å². The third-order valence-corrected chi connectivity index (χ3v) is 7.30. The van der Waals surface area contributed by atoms with Gasteiger partial charge in [0, 0.05) is 0 Å². The fraction of sp³-hybridized carbons (Fsp3) is 0.875. The summed E-state index contributed by atoms with van der Waals surface area (Å²) in [5, 5.41) is 8.73. The second kappa shape index (κ2) is 3.38. The summed E-state index contributed by atoms with van der Waals surface area (Å²) in [6, 6.07) is 2.12. The van der Waals surface area contributed by atoms with E-state index in [1.165, 1.54) is 0 Å². The van der Waals surface area contributed by atoms with E-state index in [-0.39, 0.29) is 0 Å². The molecule has 3 heteroatoms. The Balaban J connectivity index is 4.13. The summed E-state index contributed by atoms with van der Waals surface area (Å²) in [6.45, 7) is 11.7. The molecular formula is C8H18N2Si. The van der Waals surface area contributed by atoms with Gasteiger partial charge in [0.2, 0.25) is 0 Å². The SMILES string of the molecule is CC(C)(C)[Si](C)(C)NCC#N. The molecule has 64 valence electrons. The smallest absolute Gasteiger partial charge is 0.125 e. The van der Waals surface area contributed by atoms with Crippen LogP contribution in [0.25, 0.3) is 0 Å². The van der Waals surface area contributed by atoms with Gasteiger partial charge >= 0.3 is 0 Å². The molecule has 0 amide bonds. The van der Waals surface area contributed by atoms with Gasteiger partial charge in [-0.25, -0.2) is 0 Å². The lowest BCUT2D eigenvalue weighted by Crippen LogP contribution is -2.52. The monoisotopic (exact) mass is 170 g/mol. The lowest BCUT2D eigenvalue weighted by Gasteiger charge is -2.36. The van der Waals surface area contributed by atoms with Crippen LogP contribution in [0.5, 0.6) is 0 Å². The Morgan fingerprint density at radius 2 is 1.82 bits per heavy atom. The zero-order valence-corrected chi connectivity index (χ0v) is 9.15. The highest BCUT2D eigenvalue weighted by Crippen LogP contribution is 2.33. The van der Waals surface area contributed by atoms with Crippen molar-refractivity contribution in [3.63, 3.8) is 0 Å². The van der Waals surface area contributed by atoms with E-state index in [1.807, 2.05) is 0 Å². The van der Waals surface area contributed by atoms with E-state index in [1.54, 1.807) is 0 Å². The zero-order chi connectivity index (χ0) is 9.12. The zero-order valence-electron chi connectivity index (χ0n) is 8.15. The summed E-state index contributed by atoms with van der Waals surface area (Å²) in [5.41, 5.74) is 0. The Bertz CT molecular complexity index is 162. The minimum atomic E-state index is -1.40. The average molecular weight is 170 g/mol. The molecule has 0 atom stereocenters.